The maximum atomic E-state index is 14.2. The van der Waals surface area contributed by atoms with Crippen molar-refractivity contribution in [2.45, 2.75) is 42.9 Å². The van der Waals surface area contributed by atoms with E-state index < -0.39 is 0 Å². The van der Waals surface area contributed by atoms with Crippen LogP contribution in [-0.2, 0) is 17.8 Å². The molecule has 0 atom stereocenters. The van der Waals surface area contributed by atoms with E-state index in [-0.39, 0.29) is 16.4 Å². The van der Waals surface area contributed by atoms with Crippen molar-refractivity contribution in [1.82, 2.24) is 9.55 Å². The van der Waals surface area contributed by atoms with Crippen LogP contribution in [0.2, 0.25) is 0 Å². The number of nitrogens with zero attached hydrogens (tertiary/aromatic N) is 2. The predicted molar refractivity (Wildman–Crippen MR) is 148 cm³/mol. The molecule has 6 rings (SSSR count). The van der Waals surface area contributed by atoms with E-state index in [2.05, 4.69) is 62.4 Å². The molecular weight excluding hydrogens is 484 g/mol. The van der Waals surface area contributed by atoms with Gasteiger partial charge in [-0.3, -0.25) is 9.36 Å². The lowest BCUT2D eigenvalue weighted by Crippen LogP contribution is -2.32. The third kappa shape index (κ3) is 4.30. The number of ether oxygens (including phenoxy) is 1. The summed E-state index contributed by atoms with van der Waals surface area (Å²) < 4.78 is 7.85. The summed E-state index contributed by atoms with van der Waals surface area (Å²) in [5.74, 6) is 0. The highest BCUT2D eigenvalue weighted by Crippen LogP contribution is 2.42. The van der Waals surface area contributed by atoms with Crippen molar-refractivity contribution in [1.29, 1.82) is 0 Å². The zero-order valence-corrected chi connectivity index (χ0v) is 21.8. The normalized spacial score (nSPS) is 14.8. The minimum atomic E-state index is -0.301. The Morgan fingerprint density at radius 2 is 1.50 bits per heavy atom. The van der Waals surface area contributed by atoms with E-state index in [1.165, 1.54) is 11.1 Å². The second-order valence-electron chi connectivity index (χ2n) is 9.60. The summed E-state index contributed by atoms with van der Waals surface area (Å²) in [6.07, 6.45) is 0.706. The molecule has 0 radical (unpaired) electrons. The van der Waals surface area contributed by atoms with Crippen molar-refractivity contribution in [3.63, 3.8) is 0 Å². The Hall–Kier alpha value is -3.19. The average molecular weight is 511 g/mol. The molecule has 0 amide bonds. The Kier molecular flexibility index (Phi) is 6.04. The average Bonchev–Trinajstić information content (AvgIpc) is 3.25. The standard InChI is InChI=1S/C30H26N2O2S2/c1-30(2)18-23-24(19-34-30)35-27-25(23)28(33)32(22-16-10-5-11-17-22)29(31-27)36-26(20-12-6-3-7-13-20)21-14-8-4-9-15-21/h3-17,26H,18-19H2,1-2H3. The molecular formula is C30H26N2O2S2. The molecule has 0 bridgehead atoms. The molecule has 0 spiro atoms. The van der Waals surface area contributed by atoms with Crippen molar-refractivity contribution >= 4 is 33.3 Å². The number of aromatic nitrogens is 2. The molecule has 0 N–H and O–H groups in total. The number of thiophene rings is 1. The van der Waals surface area contributed by atoms with Gasteiger partial charge in [0, 0.05) is 11.3 Å². The summed E-state index contributed by atoms with van der Waals surface area (Å²) in [6, 6.07) is 30.7. The Morgan fingerprint density at radius 1 is 0.917 bits per heavy atom. The summed E-state index contributed by atoms with van der Waals surface area (Å²) in [7, 11) is 0. The molecule has 0 fully saturated rings. The number of rotatable bonds is 5. The van der Waals surface area contributed by atoms with Crippen LogP contribution in [0.1, 0.15) is 40.7 Å². The summed E-state index contributed by atoms with van der Waals surface area (Å²) in [5.41, 5.74) is 3.94. The van der Waals surface area contributed by atoms with E-state index in [0.29, 0.717) is 18.2 Å². The zero-order chi connectivity index (χ0) is 24.7. The minimum Gasteiger partial charge on any atom is -0.370 e. The summed E-state index contributed by atoms with van der Waals surface area (Å²) in [4.78, 5) is 21.3. The maximum absolute atomic E-state index is 14.2. The van der Waals surface area contributed by atoms with Gasteiger partial charge in [-0.15, -0.1) is 11.3 Å². The Morgan fingerprint density at radius 3 is 2.11 bits per heavy atom. The van der Waals surface area contributed by atoms with Gasteiger partial charge in [-0.2, -0.15) is 0 Å². The first-order valence-corrected chi connectivity index (χ1v) is 13.7. The van der Waals surface area contributed by atoms with E-state index in [4.69, 9.17) is 9.72 Å². The molecule has 0 saturated heterocycles. The highest BCUT2D eigenvalue weighted by atomic mass is 32.2. The van der Waals surface area contributed by atoms with Gasteiger partial charge in [0.05, 0.1) is 28.5 Å². The largest absolute Gasteiger partial charge is 0.370 e. The maximum Gasteiger partial charge on any atom is 0.267 e. The molecule has 3 heterocycles. The number of hydrogen-bond acceptors (Lipinski definition) is 5. The van der Waals surface area contributed by atoms with Gasteiger partial charge in [0.25, 0.3) is 5.56 Å². The van der Waals surface area contributed by atoms with Crippen LogP contribution in [0, 0.1) is 0 Å². The fraction of sp³-hybridized carbons (Fsp3) is 0.200. The van der Waals surface area contributed by atoms with Gasteiger partial charge in [-0.1, -0.05) is 90.6 Å². The van der Waals surface area contributed by atoms with Crippen LogP contribution in [0.25, 0.3) is 15.9 Å². The third-order valence-electron chi connectivity index (χ3n) is 6.52. The van der Waals surface area contributed by atoms with Crippen LogP contribution in [0.4, 0.5) is 0 Å². The Labute approximate surface area is 218 Å². The summed E-state index contributed by atoms with van der Waals surface area (Å²) in [6.45, 7) is 4.68. The lowest BCUT2D eigenvalue weighted by atomic mass is 9.94. The molecule has 0 unspecified atom stereocenters. The first-order valence-electron chi connectivity index (χ1n) is 12.0. The molecule has 1 aliphatic rings. The number of para-hydroxylation sites is 1. The second-order valence-corrected chi connectivity index (χ2v) is 11.8. The number of thioether (sulfide) groups is 1. The number of fused-ring (bicyclic) bond motifs is 3. The molecule has 36 heavy (non-hydrogen) atoms. The van der Waals surface area contributed by atoms with Gasteiger partial charge < -0.3 is 4.74 Å². The zero-order valence-electron chi connectivity index (χ0n) is 20.2. The molecule has 4 nitrogen and oxygen atoms in total. The summed E-state index contributed by atoms with van der Waals surface area (Å²) >= 11 is 3.21. The smallest absolute Gasteiger partial charge is 0.267 e. The predicted octanol–water partition coefficient (Wildman–Crippen LogP) is 7.18. The highest BCUT2D eigenvalue weighted by molar-refractivity contribution is 7.99. The van der Waals surface area contributed by atoms with Gasteiger partial charge in [0.15, 0.2) is 5.16 Å². The van der Waals surface area contributed by atoms with Crippen molar-refractivity contribution in [2.75, 3.05) is 0 Å². The van der Waals surface area contributed by atoms with Crippen LogP contribution in [0.5, 0.6) is 0 Å². The molecule has 3 aromatic carbocycles. The topological polar surface area (TPSA) is 44.1 Å². The highest BCUT2D eigenvalue weighted by Gasteiger charge is 2.32. The van der Waals surface area contributed by atoms with Crippen LogP contribution < -0.4 is 5.56 Å². The molecule has 0 saturated carbocycles. The van der Waals surface area contributed by atoms with Gasteiger partial charge in [0.2, 0.25) is 0 Å². The molecule has 2 aromatic heterocycles. The van der Waals surface area contributed by atoms with Crippen molar-refractivity contribution in [3.8, 4) is 5.69 Å². The van der Waals surface area contributed by atoms with Crippen LogP contribution >= 0.6 is 23.1 Å². The minimum absolute atomic E-state index is 0.0104. The molecule has 5 aromatic rings. The monoisotopic (exact) mass is 510 g/mol. The quantitative estimate of drug-likeness (QED) is 0.186. The SMILES string of the molecule is CC1(C)Cc2c(sc3nc(SC(c4ccccc4)c4ccccc4)n(-c4ccccc4)c(=O)c23)CO1. The van der Waals surface area contributed by atoms with Gasteiger partial charge in [0.1, 0.15) is 4.83 Å². The third-order valence-corrected chi connectivity index (χ3v) is 8.88. The van der Waals surface area contributed by atoms with Crippen LogP contribution in [0.15, 0.2) is 101 Å². The molecule has 180 valence electrons. The molecule has 1 aliphatic heterocycles. The molecule has 0 aliphatic carbocycles. The van der Waals surface area contributed by atoms with Crippen LogP contribution in [-0.4, -0.2) is 15.2 Å². The van der Waals surface area contributed by atoms with Crippen LogP contribution in [0.3, 0.4) is 0 Å². The van der Waals surface area contributed by atoms with Gasteiger partial charge in [-0.05, 0) is 42.7 Å². The number of hydrogen-bond donors (Lipinski definition) is 0. The van der Waals surface area contributed by atoms with E-state index >= 15 is 0 Å². The van der Waals surface area contributed by atoms with E-state index in [1.54, 1.807) is 27.7 Å². The van der Waals surface area contributed by atoms with Gasteiger partial charge in [-0.25, -0.2) is 4.98 Å². The fourth-order valence-corrected chi connectivity index (χ4v) is 7.13. The lowest BCUT2D eigenvalue weighted by molar-refractivity contribution is -0.0379. The summed E-state index contributed by atoms with van der Waals surface area (Å²) in [5, 5.41) is 1.41. The first-order chi connectivity index (χ1) is 17.5. The van der Waals surface area contributed by atoms with Gasteiger partial charge >= 0.3 is 0 Å². The number of benzene rings is 3. The molecule has 6 heteroatoms. The van der Waals surface area contributed by atoms with Crippen molar-refractivity contribution < 1.29 is 4.74 Å². The fourth-order valence-electron chi connectivity index (χ4n) is 4.75. The second kappa shape index (κ2) is 9.36. The first kappa shape index (κ1) is 23.2. The Balaban J connectivity index is 1.57. The Bertz CT molecular complexity index is 1540. The lowest BCUT2D eigenvalue weighted by Gasteiger charge is -2.30. The van der Waals surface area contributed by atoms with E-state index in [0.717, 1.165) is 26.3 Å². The van der Waals surface area contributed by atoms with E-state index in [9.17, 15) is 4.79 Å². The van der Waals surface area contributed by atoms with E-state index in [1.807, 2.05) is 42.5 Å². The van der Waals surface area contributed by atoms with Crippen molar-refractivity contribution in [3.05, 3.63) is 123 Å². The van der Waals surface area contributed by atoms with Crippen molar-refractivity contribution in [2.24, 2.45) is 0 Å².